The van der Waals surface area contributed by atoms with E-state index >= 15 is 0 Å². The molecule has 0 saturated heterocycles. The van der Waals surface area contributed by atoms with Gasteiger partial charge in [-0.25, -0.2) is 8.42 Å². The zero-order chi connectivity index (χ0) is 30.1. The van der Waals surface area contributed by atoms with E-state index in [1.807, 2.05) is 38.1 Å². The van der Waals surface area contributed by atoms with Crippen LogP contribution >= 0.6 is 0 Å². The van der Waals surface area contributed by atoms with Gasteiger partial charge in [0.2, 0.25) is 11.8 Å². The molecule has 0 bridgehead atoms. The van der Waals surface area contributed by atoms with Crippen LogP contribution in [0, 0.1) is 6.92 Å². The summed E-state index contributed by atoms with van der Waals surface area (Å²) in [6.45, 7) is 3.51. The van der Waals surface area contributed by atoms with Crippen molar-refractivity contribution in [3.05, 3.63) is 90.0 Å². The third kappa shape index (κ3) is 7.31. The van der Waals surface area contributed by atoms with E-state index in [4.69, 9.17) is 4.74 Å². The second-order valence-corrected chi connectivity index (χ2v) is 12.6. The van der Waals surface area contributed by atoms with E-state index in [1.165, 1.54) is 24.1 Å². The maximum Gasteiger partial charge on any atom is 0.264 e. The smallest absolute Gasteiger partial charge is 0.264 e. The van der Waals surface area contributed by atoms with Crippen LogP contribution in [-0.2, 0) is 26.2 Å². The molecule has 2 amide bonds. The van der Waals surface area contributed by atoms with Crippen LogP contribution < -0.4 is 14.4 Å². The molecule has 3 aromatic carbocycles. The fourth-order valence-corrected chi connectivity index (χ4v) is 6.95. The van der Waals surface area contributed by atoms with E-state index in [0.29, 0.717) is 12.2 Å². The third-order valence-electron chi connectivity index (χ3n) is 7.90. The van der Waals surface area contributed by atoms with Gasteiger partial charge >= 0.3 is 0 Å². The van der Waals surface area contributed by atoms with Gasteiger partial charge in [0, 0.05) is 12.6 Å². The van der Waals surface area contributed by atoms with Crippen molar-refractivity contribution in [1.82, 2.24) is 10.2 Å². The molecular weight excluding hydrogens is 550 g/mol. The van der Waals surface area contributed by atoms with Crippen LogP contribution in [0.4, 0.5) is 5.69 Å². The highest BCUT2D eigenvalue weighted by Gasteiger charge is 2.35. The Bertz CT molecular complexity index is 1460. The van der Waals surface area contributed by atoms with Gasteiger partial charge in [0.1, 0.15) is 18.3 Å². The van der Waals surface area contributed by atoms with Crippen LogP contribution in [0.15, 0.2) is 83.8 Å². The van der Waals surface area contributed by atoms with Gasteiger partial charge in [-0.1, -0.05) is 80.8 Å². The monoisotopic (exact) mass is 591 g/mol. The van der Waals surface area contributed by atoms with Gasteiger partial charge in [-0.2, -0.15) is 0 Å². The molecule has 1 N–H and O–H groups in total. The number of nitrogens with one attached hydrogen (secondary N) is 1. The largest absolute Gasteiger partial charge is 0.495 e. The number of amides is 2. The molecule has 0 spiro atoms. The van der Waals surface area contributed by atoms with Gasteiger partial charge in [-0.15, -0.1) is 0 Å². The Morgan fingerprint density at radius 3 is 2.24 bits per heavy atom. The maximum atomic E-state index is 14.3. The number of benzene rings is 3. The van der Waals surface area contributed by atoms with Crippen LogP contribution in [0.3, 0.4) is 0 Å². The second kappa shape index (κ2) is 14.4. The molecule has 0 unspecified atom stereocenters. The Hall–Kier alpha value is -3.85. The Balaban J connectivity index is 1.73. The molecule has 0 aliphatic heterocycles. The molecule has 4 rings (SSSR count). The molecule has 42 heavy (non-hydrogen) atoms. The summed E-state index contributed by atoms with van der Waals surface area (Å²) in [5, 5.41) is 3.18. The summed E-state index contributed by atoms with van der Waals surface area (Å²) in [6, 6.07) is 21.8. The molecule has 9 heteroatoms. The Morgan fingerprint density at radius 1 is 0.929 bits per heavy atom. The Kier molecular flexibility index (Phi) is 10.6. The summed E-state index contributed by atoms with van der Waals surface area (Å²) < 4.78 is 34.6. The normalized spacial score (nSPS) is 14.5. The number of nitrogens with zero attached hydrogens (tertiary/aromatic N) is 2. The van der Waals surface area contributed by atoms with E-state index < -0.39 is 28.5 Å². The first kappa shape index (κ1) is 31.1. The fourth-order valence-electron chi connectivity index (χ4n) is 5.50. The molecule has 0 radical (unpaired) electrons. The molecule has 8 nitrogen and oxygen atoms in total. The standard InChI is InChI=1S/C33H41N3O5S/c1-4-29(33(38)34-27-17-7-5-8-18-27)35(23-26-16-12-11-15-25(26)2)32(37)24-36(30-21-13-14-22-31(30)41-3)42(39,40)28-19-9-6-10-20-28/h6,9-16,19-22,27,29H,4-5,7-8,17-18,23-24H2,1-3H3,(H,34,38)/t29-/m0/s1. The summed E-state index contributed by atoms with van der Waals surface area (Å²) >= 11 is 0. The van der Waals surface area contributed by atoms with E-state index in [1.54, 1.807) is 42.5 Å². The highest BCUT2D eigenvalue weighted by Crippen LogP contribution is 2.32. The van der Waals surface area contributed by atoms with Crippen LogP contribution in [0.5, 0.6) is 5.75 Å². The van der Waals surface area contributed by atoms with Gasteiger partial charge in [0.25, 0.3) is 10.0 Å². The van der Waals surface area contributed by atoms with Crippen molar-refractivity contribution in [3.8, 4) is 5.75 Å². The number of ether oxygens (including phenoxy) is 1. The van der Waals surface area contributed by atoms with Gasteiger partial charge in [0.05, 0.1) is 17.7 Å². The minimum atomic E-state index is -4.17. The average Bonchev–Trinajstić information content (AvgIpc) is 3.01. The number of methoxy groups -OCH3 is 1. The minimum Gasteiger partial charge on any atom is -0.495 e. The lowest BCUT2D eigenvalue weighted by Crippen LogP contribution is -2.54. The number of hydrogen-bond donors (Lipinski definition) is 1. The summed E-state index contributed by atoms with van der Waals surface area (Å²) in [5.74, 6) is -0.368. The number of carbonyl (C=O) groups is 2. The molecule has 3 aromatic rings. The van der Waals surface area contributed by atoms with Crippen molar-refractivity contribution < 1.29 is 22.7 Å². The van der Waals surface area contributed by atoms with E-state index in [9.17, 15) is 18.0 Å². The van der Waals surface area contributed by atoms with E-state index in [0.717, 1.165) is 47.5 Å². The molecule has 1 aliphatic carbocycles. The van der Waals surface area contributed by atoms with Gasteiger partial charge in [-0.3, -0.25) is 13.9 Å². The van der Waals surface area contributed by atoms with Gasteiger partial charge < -0.3 is 15.0 Å². The average molecular weight is 592 g/mol. The van der Waals surface area contributed by atoms with Crippen molar-refractivity contribution in [2.24, 2.45) is 0 Å². The Labute approximate surface area is 249 Å². The van der Waals surface area contributed by atoms with Crippen LogP contribution in [0.2, 0.25) is 0 Å². The maximum absolute atomic E-state index is 14.3. The summed E-state index contributed by atoms with van der Waals surface area (Å²) in [5.41, 5.74) is 2.12. The van der Waals surface area contributed by atoms with Crippen LogP contribution in [0.1, 0.15) is 56.6 Å². The number of para-hydroxylation sites is 2. The van der Waals surface area contributed by atoms with E-state index in [-0.39, 0.29) is 29.1 Å². The number of sulfonamides is 1. The van der Waals surface area contributed by atoms with Crippen molar-refractivity contribution >= 4 is 27.5 Å². The predicted octanol–water partition coefficient (Wildman–Crippen LogP) is 5.46. The lowest BCUT2D eigenvalue weighted by Gasteiger charge is -2.35. The first-order valence-electron chi connectivity index (χ1n) is 14.6. The van der Waals surface area contributed by atoms with Crippen molar-refractivity contribution in [2.45, 2.75) is 75.9 Å². The molecule has 1 aliphatic rings. The zero-order valence-corrected chi connectivity index (χ0v) is 25.5. The molecule has 224 valence electrons. The SMILES string of the molecule is CC[C@@H](C(=O)NC1CCCCC1)N(Cc1ccccc1C)C(=O)CN(c1ccccc1OC)S(=O)(=O)c1ccccc1. The summed E-state index contributed by atoms with van der Waals surface area (Å²) in [4.78, 5) is 29.6. The summed E-state index contributed by atoms with van der Waals surface area (Å²) in [6.07, 6.45) is 5.53. The first-order valence-corrected chi connectivity index (χ1v) is 16.1. The quantitative estimate of drug-likeness (QED) is 0.302. The van der Waals surface area contributed by atoms with Crippen molar-refractivity contribution in [3.63, 3.8) is 0 Å². The molecule has 1 atom stereocenters. The molecule has 1 fully saturated rings. The first-order chi connectivity index (χ1) is 20.3. The molecule has 1 saturated carbocycles. The van der Waals surface area contributed by atoms with E-state index in [2.05, 4.69) is 5.32 Å². The fraction of sp³-hybridized carbons (Fsp3) is 0.394. The lowest BCUT2D eigenvalue weighted by molar-refractivity contribution is -0.140. The number of carbonyl (C=O) groups excluding carboxylic acids is 2. The lowest BCUT2D eigenvalue weighted by atomic mass is 9.95. The van der Waals surface area contributed by atoms with Crippen molar-refractivity contribution in [1.29, 1.82) is 0 Å². The minimum absolute atomic E-state index is 0.0521. The molecule has 0 heterocycles. The van der Waals surface area contributed by atoms with Crippen LogP contribution in [0.25, 0.3) is 0 Å². The number of aryl methyl sites for hydroxylation is 1. The number of rotatable bonds is 12. The number of anilines is 1. The summed E-state index contributed by atoms with van der Waals surface area (Å²) in [7, 11) is -2.71. The van der Waals surface area contributed by atoms with Gasteiger partial charge in [0.15, 0.2) is 0 Å². The van der Waals surface area contributed by atoms with Crippen molar-refractivity contribution in [2.75, 3.05) is 18.0 Å². The van der Waals surface area contributed by atoms with Crippen LogP contribution in [-0.4, -0.2) is 50.9 Å². The third-order valence-corrected chi connectivity index (χ3v) is 9.68. The second-order valence-electron chi connectivity index (χ2n) is 10.7. The zero-order valence-electron chi connectivity index (χ0n) is 24.7. The van der Waals surface area contributed by atoms with Gasteiger partial charge in [-0.05, 0) is 61.6 Å². The highest BCUT2D eigenvalue weighted by molar-refractivity contribution is 7.92. The number of hydrogen-bond acceptors (Lipinski definition) is 5. The molecular formula is C33H41N3O5S. The predicted molar refractivity (Wildman–Crippen MR) is 165 cm³/mol. The highest BCUT2D eigenvalue weighted by atomic mass is 32.2. The topological polar surface area (TPSA) is 96.0 Å². The Morgan fingerprint density at radius 2 is 1.57 bits per heavy atom. The molecule has 0 aromatic heterocycles.